The summed E-state index contributed by atoms with van der Waals surface area (Å²) in [6.07, 6.45) is 2.82. The Hall–Kier alpha value is -1.26. The molecule has 2 N–H and O–H groups in total. The number of rotatable bonds is 5. The van der Waals surface area contributed by atoms with Crippen molar-refractivity contribution < 1.29 is 9.53 Å². The summed E-state index contributed by atoms with van der Waals surface area (Å²) >= 11 is 0. The maximum absolute atomic E-state index is 12.0. The highest BCUT2D eigenvalue weighted by atomic mass is 35.5. The Morgan fingerprint density at radius 1 is 1.50 bits per heavy atom. The molecule has 112 valence electrons. The minimum absolute atomic E-state index is 0. The van der Waals surface area contributed by atoms with Crippen molar-refractivity contribution in [2.24, 2.45) is 0 Å². The van der Waals surface area contributed by atoms with Crippen molar-refractivity contribution >= 4 is 18.3 Å². The molecule has 1 aliphatic rings. The summed E-state index contributed by atoms with van der Waals surface area (Å²) in [4.78, 5) is 12.0. The zero-order valence-electron chi connectivity index (χ0n) is 12.0. The number of halogens is 1. The summed E-state index contributed by atoms with van der Waals surface area (Å²) in [5, 5.41) is 6.38. The van der Waals surface area contributed by atoms with Crippen LogP contribution < -0.4 is 15.4 Å². The first-order valence-corrected chi connectivity index (χ1v) is 6.86. The summed E-state index contributed by atoms with van der Waals surface area (Å²) < 4.78 is 5.32. The molecule has 4 nitrogen and oxygen atoms in total. The van der Waals surface area contributed by atoms with E-state index in [1.165, 1.54) is 6.42 Å². The van der Waals surface area contributed by atoms with Crippen LogP contribution in [0.2, 0.25) is 0 Å². The smallest absolute Gasteiger partial charge is 0.222 e. The molecule has 2 rings (SSSR count). The summed E-state index contributed by atoms with van der Waals surface area (Å²) in [6, 6.07) is 8.09. The van der Waals surface area contributed by atoms with Crippen molar-refractivity contribution in [3.8, 4) is 5.75 Å². The third kappa shape index (κ3) is 4.39. The van der Waals surface area contributed by atoms with E-state index in [9.17, 15) is 4.79 Å². The number of hydrogen-bond donors (Lipinski definition) is 2. The average molecular weight is 299 g/mol. The Bertz CT molecular complexity index is 434. The van der Waals surface area contributed by atoms with Crippen molar-refractivity contribution in [2.75, 3.05) is 13.7 Å². The highest BCUT2D eigenvalue weighted by molar-refractivity contribution is 5.85. The molecule has 1 amide bonds. The van der Waals surface area contributed by atoms with Gasteiger partial charge in [-0.15, -0.1) is 12.4 Å². The van der Waals surface area contributed by atoms with Crippen LogP contribution in [0.15, 0.2) is 24.3 Å². The third-order valence-corrected chi connectivity index (χ3v) is 3.58. The lowest BCUT2D eigenvalue weighted by molar-refractivity contribution is -0.122. The standard InChI is InChI=1S/C15H22N2O2.ClH/c1-11(13-7-3-4-8-14(13)19-2)17-15(18)10-12-6-5-9-16-12;/h3-4,7-8,11-12,16H,5-6,9-10H2,1-2H3,(H,17,18);1H. The van der Waals surface area contributed by atoms with Gasteiger partial charge in [-0.25, -0.2) is 0 Å². The predicted molar refractivity (Wildman–Crippen MR) is 82.4 cm³/mol. The second-order valence-electron chi connectivity index (χ2n) is 5.03. The number of para-hydroxylation sites is 1. The van der Waals surface area contributed by atoms with Crippen molar-refractivity contribution in [1.82, 2.24) is 10.6 Å². The SMILES string of the molecule is COc1ccccc1C(C)NC(=O)CC1CCCN1.Cl. The average Bonchev–Trinajstić information content (AvgIpc) is 2.91. The molecule has 1 aromatic carbocycles. The fourth-order valence-corrected chi connectivity index (χ4v) is 2.56. The lowest BCUT2D eigenvalue weighted by atomic mass is 10.1. The summed E-state index contributed by atoms with van der Waals surface area (Å²) in [7, 11) is 1.65. The van der Waals surface area contributed by atoms with Gasteiger partial charge in [0.25, 0.3) is 0 Å². The van der Waals surface area contributed by atoms with Crippen LogP contribution in [0.25, 0.3) is 0 Å². The first-order chi connectivity index (χ1) is 9.20. The number of hydrogen-bond acceptors (Lipinski definition) is 3. The largest absolute Gasteiger partial charge is 0.496 e. The van der Waals surface area contributed by atoms with E-state index in [-0.39, 0.29) is 24.4 Å². The molecule has 20 heavy (non-hydrogen) atoms. The van der Waals surface area contributed by atoms with Gasteiger partial charge in [0, 0.05) is 18.0 Å². The number of ether oxygens (including phenoxy) is 1. The van der Waals surface area contributed by atoms with Gasteiger partial charge in [0.15, 0.2) is 0 Å². The molecular weight excluding hydrogens is 276 g/mol. The molecule has 1 fully saturated rings. The molecular formula is C15H23ClN2O2. The minimum Gasteiger partial charge on any atom is -0.496 e. The van der Waals surface area contributed by atoms with Gasteiger partial charge in [-0.3, -0.25) is 4.79 Å². The van der Waals surface area contributed by atoms with E-state index in [0.29, 0.717) is 12.5 Å². The quantitative estimate of drug-likeness (QED) is 0.878. The Balaban J connectivity index is 0.00000200. The third-order valence-electron chi connectivity index (χ3n) is 3.58. The molecule has 1 saturated heterocycles. The molecule has 1 aliphatic heterocycles. The second-order valence-corrected chi connectivity index (χ2v) is 5.03. The van der Waals surface area contributed by atoms with Gasteiger partial charge in [-0.2, -0.15) is 0 Å². The molecule has 0 bridgehead atoms. The molecule has 5 heteroatoms. The molecule has 0 aromatic heterocycles. The lowest BCUT2D eigenvalue weighted by Crippen LogP contribution is -2.33. The zero-order chi connectivity index (χ0) is 13.7. The first kappa shape index (κ1) is 16.8. The van der Waals surface area contributed by atoms with Crippen LogP contribution in [-0.2, 0) is 4.79 Å². The normalized spacial score (nSPS) is 19.0. The number of carbonyl (C=O) groups excluding carboxylic acids is 1. The van der Waals surface area contributed by atoms with E-state index in [1.807, 2.05) is 31.2 Å². The van der Waals surface area contributed by atoms with Crippen LogP contribution in [0.5, 0.6) is 5.75 Å². The number of methoxy groups -OCH3 is 1. The van der Waals surface area contributed by atoms with Crippen LogP contribution in [-0.4, -0.2) is 25.6 Å². The Labute approximate surface area is 126 Å². The highest BCUT2D eigenvalue weighted by Crippen LogP contribution is 2.24. The Morgan fingerprint density at radius 3 is 2.90 bits per heavy atom. The topological polar surface area (TPSA) is 50.4 Å². The van der Waals surface area contributed by atoms with Gasteiger partial charge in [-0.1, -0.05) is 18.2 Å². The summed E-state index contributed by atoms with van der Waals surface area (Å²) in [5.74, 6) is 0.909. The summed E-state index contributed by atoms with van der Waals surface area (Å²) in [6.45, 7) is 3.01. The zero-order valence-corrected chi connectivity index (χ0v) is 12.8. The van der Waals surface area contributed by atoms with Crippen molar-refractivity contribution in [1.29, 1.82) is 0 Å². The predicted octanol–water partition coefficient (Wildman–Crippen LogP) is 2.44. The van der Waals surface area contributed by atoms with E-state index in [2.05, 4.69) is 10.6 Å². The van der Waals surface area contributed by atoms with Crippen LogP contribution in [0.1, 0.15) is 37.8 Å². The van der Waals surface area contributed by atoms with Crippen LogP contribution in [0, 0.1) is 0 Å². The molecule has 0 radical (unpaired) electrons. The van der Waals surface area contributed by atoms with E-state index in [0.717, 1.165) is 24.3 Å². The maximum Gasteiger partial charge on any atom is 0.222 e. The second kappa shape index (κ2) is 8.12. The number of amides is 1. The van der Waals surface area contributed by atoms with E-state index in [1.54, 1.807) is 7.11 Å². The van der Waals surface area contributed by atoms with Gasteiger partial charge in [0.05, 0.1) is 13.2 Å². The maximum atomic E-state index is 12.0. The fourth-order valence-electron chi connectivity index (χ4n) is 2.56. The highest BCUT2D eigenvalue weighted by Gasteiger charge is 2.19. The molecule has 0 aliphatic carbocycles. The Kier molecular flexibility index (Phi) is 6.82. The van der Waals surface area contributed by atoms with Gasteiger partial charge < -0.3 is 15.4 Å². The minimum atomic E-state index is -0.0370. The van der Waals surface area contributed by atoms with Gasteiger partial charge >= 0.3 is 0 Å². The van der Waals surface area contributed by atoms with Crippen LogP contribution in [0.3, 0.4) is 0 Å². The van der Waals surface area contributed by atoms with Crippen LogP contribution >= 0.6 is 12.4 Å². The number of benzene rings is 1. The number of carbonyl (C=O) groups is 1. The van der Waals surface area contributed by atoms with Crippen molar-refractivity contribution in [3.05, 3.63) is 29.8 Å². The first-order valence-electron chi connectivity index (χ1n) is 6.86. The van der Waals surface area contributed by atoms with E-state index < -0.39 is 0 Å². The van der Waals surface area contributed by atoms with E-state index >= 15 is 0 Å². The fraction of sp³-hybridized carbons (Fsp3) is 0.533. The number of nitrogens with one attached hydrogen (secondary N) is 2. The van der Waals surface area contributed by atoms with E-state index in [4.69, 9.17) is 4.74 Å². The molecule has 1 heterocycles. The molecule has 1 aromatic rings. The molecule has 2 unspecified atom stereocenters. The molecule has 0 saturated carbocycles. The molecule has 0 spiro atoms. The van der Waals surface area contributed by atoms with Crippen LogP contribution in [0.4, 0.5) is 0 Å². The van der Waals surface area contributed by atoms with Gasteiger partial charge in [0.2, 0.25) is 5.91 Å². The van der Waals surface area contributed by atoms with Crippen molar-refractivity contribution in [3.63, 3.8) is 0 Å². The summed E-state index contributed by atoms with van der Waals surface area (Å²) in [5.41, 5.74) is 1.01. The lowest BCUT2D eigenvalue weighted by Gasteiger charge is -2.18. The van der Waals surface area contributed by atoms with Gasteiger partial charge in [-0.05, 0) is 32.4 Å². The monoisotopic (exact) mass is 298 g/mol. The Morgan fingerprint density at radius 2 is 2.25 bits per heavy atom. The molecule has 2 atom stereocenters. The van der Waals surface area contributed by atoms with Gasteiger partial charge in [0.1, 0.15) is 5.75 Å². The van der Waals surface area contributed by atoms with Crippen molar-refractivity contribution in [2.45, 2.75) is 38.3 Å².